The van der Waals surface area contributed by atoms with Crippen LogP contribution in [0, 0.1) is 29.1 Å². The first-order chi connectivity index (χ1) is 12.3. The smallest absolute Gasteiger partial charge is 0.324 e. The van der Waals surface area contributed by atoms with Crippen molar-refractivity contribution in [1.82, 2.24) is 4.90 Å². The summed E-state index contributed by atoms with van der Waals surface area (Å²) in [4.78, 5) is 14.8. The molecule has 4 nitrogen and oxygen atoms in total. The van der Waals surface area contributed by atoms with Crippen molar-refractivity contribution >= 4 is 11.7 Å². The Balaban J connectivity index is 1.83. The van der Waals surface area contributed by atoms with Crippen LogP contribution in [0.5, 0.6) is 5.75 Å². The van der Waals surface area contributed by atoms with E-state index in [-0.39, 0.29) is 13.1 Å². The van der Waals surface area contributed by atoms with Crippen LogP contribution in [0.25, 0.3) is 0 Å². The van der Waals surface area contributed by atoms with Gasteiger partial charge in [0.05, 0.1) is 13.7 Å². The SMILES string of the molecule is COc1ccc(N2CCN(Cc3c(F)c(F)c(F)c(F)c3F)C2=O)cc1. The van der Waals surface area contributed by atoms with E-state index in [2.05, 4.69) is 0 Å². The zero-order chi connectivity index (χ0) is 19.0. The molecule has 1 aliphatic heterocycles. The molecule has 2 amide bonds. The fraction of sp³-hybridized carbons (Fsp3) is 0.235. The number of urea groups is 1. The molecule has 1 aliphatic rings. The van der Waals surface area contributed by atoms with Gasteiger partial charge in [-0.3, -0.25) is 4.90 Å². The third-order valence-electron chi connectivity index (χ3n) is 4.13. The lowest BCUT2D eigenvalue weighted by Crippen LogP contribution is -2.32. The highest BCUT2D eigenvalue weighted by atomic mass is 19.2. The molecular weight excluding hydrogens is 359 g/mol. The highest BCUT2D eigenvalue weighted by Crippen LogP contribution is 2.27. The fourth-order valence-corrected chi connectivity index (χ4v) is 2.71. The lowest BCUT2D eigenvalue weighted by molar-refractivity contribution is 0.216. The zero-order valence-electron chi connectivity index (χ0n) is 13.5. The first kappa shape index (κ1) is 18.0. The summed E-state index contributed by atoms with van der Waals surface area (Å²) in [7, 11) is 1.49. The lowest BCUT2D eigenvalue weighted by atomic mass is 10.1. The average Bonchev–Trinajstić information content (AvgIpc) is 3.02. The van der Waals surface area contributed by atoms with E-state index < -0.39 is 47.2 Å². The second-order valence-corrected chi connectivity index (χ2v) is 5.60. The Bertz CT molecular complexity index is 828. The van der Waals surface area contributed by atoms with Gasteiger partial charge in [-0.05, 0) is 24.3 Å². The minimum absolute atomic E-state index is 0.0738. The average molecular weight is 372 g/mol. The summed E-state index contributed by atoms with van der Waals surface area (Å²) in [5.41, 5.74) is -0.512. The van der Waals surface area contributed by atoms with Gasteiger partial charge in [0.15, 0.2) is 23.3 Å². The molecule has 2 aromatic rings. The van der Waals surface area contributed by atoms with E-state index >= 15 is 0 Å². The number of hydrogen-bond acceptors (Lipinski definition) is 2. The molecule has 1 fully saturated rings. The number of carbonyl (C=O) groups is 1. The number of rotatable bonds is 4. The van der Waals surface area contributed by atoms with Crippen LogP contribution < -0.4 is 9.64 Å². The lowest BCUT2D eigenvalue weighted by Gasteiger charge is -2.19. The monoisotopic (exact) mass is 372 g/mol. The summed E-state index contributed by atoms with van der Waals surface area (Å²) in [6.45, 7) is -0.442. The molecule has 26 heavy (non-hydrogen) atoms. The number of hydrogen-bond donors (Lipinski definition) is 0. The highest BCUT2D eigenvalue weighted by Gasteiger charge is 2.33. The maximum Gasteiger partial charge on any atom is 0.324 e. The Kier molecular flexibility index (Phi) is 4.71. The summed E-state index contributed by atoms with van der Waals surface area (Å²) in [5.74, 6) is -9.57. The van der Waals surface area contributed by atoms with Gasteiger partial charge in [-0.25, -0.2) is 26.7 Å². The Labute approximate surface area is 145 Å². The number of carbonyl (C=O) groups excluding carboxylic acids is 1. The number of ether oxygens (including phenoxy) is 1. The molecule has 0 unspecified atom stereocenters. The minimum atomic E-state index is -2.23. The number of halogens is 5. The second kappa shape index (κ2) is 6.81. The first-order valence-electron chi connectivity index (χ1n) is 7.56. The maximum atomic E-state index is 13.8. The summed E-state index contributed by atoms with van der Waals surface area (Å²) in [6, 6.07) is 5.92. The van der Waals surface area contributed by atoms with Crippen molar-refractivity contribution in [1.29, 1.82) is 0 Å². The molecule has 3 rings (SSSR count). The van der Waals surface area contributed by atoms with Crippen molar-refractivity contribution in [3.05, 3.63) is 58.9 Å². The largest absolute Gasteiger partial charge is 0.497 e. The van der Waals surface area contributed by atoms with E-state index in [9.17, 15) is 26.7 Å². The van der Waals surface area contributed by atoms with Crippen molar-refractivity contribution in [2.75, 3.05) is 25.1 Å². The fourth-order valence-electron chi connectivity index (χ4n) is 2.71. The summed E-state index contributed by atoms with van der Waals surface area (Å²) < 4.78 is 72.3. The van der Waals surface area contributed by atoms with Gasteiger partial charge < -0.3 is 9.64 Å². The van der Waals surface area contributed by atoms with Crippen LogP contribution in [-0.2, 0) is 6.54 Å². The Morgan fingerprint density at radius 1 is 0.885 bits per heavy atom. The van der Waals surface area contributed by atoms with Crippen LogP contribution in [0.1, 0.15) is 5.56 Å². The van der Waals surface area contributed by atoms with Crippen molar-refractivity contribution in [3.8, 4) is 5.75 Å². The Morgan fingerprint density at radius 3 is 1.96 bits per heavy atom. The third-order valence-corrected chi connectivity index (χ3v) is 4.13. The van der Waals surface area contributed by atoms with Gasteiger partial charge in [-0.15, -0.1) is 0 Å². The summed E-state index contributed by atoms with van der Waals surface area (Å²) in [5, 5.41) is 0. The Morgan fingerprint density at radius 2 is 1.42 bits per heavy atom. The number of benzene rings is 2. The zero-order valence-corrected chi connectivity index (χ0v) is 13.5. The van der Waals surface area contributed by atoms with Gasteiger partial charge in [0, 0.05) is 24.3 Å². The molecule has 1 heterocycles. The van der Waals surface area contributed by atoms with E-state index in [1.165, 1.54) is 12.0 Å². The molecule has 0 atom stereocenters. The van der Waals surface area contributed by atoms with Crippen LogP contribution in [-0.4, -0.2) is 31.1 Å². The molecular formula is C17H13F5N2O2. The van der Waals surface area contributed by atoms with Gasteiger partial charge in [0.1, 0.15) is 5.75 Å². The van der Waals surface area contributed by atoms with Gasteiger partial charge in [-0.1, -0.05) is 0 Å². The normalized spacial score (nSPS) is 14.3. The molecule has 1 saturated heterocycles. The van der Waals surface area contributed by atoms with Gasteiger partial charge in [0.2, 0.25) is 5.82 Å². The number of amides is 2. The second-order valence-electron chi connectivity index (χ2n) is 5.60. The number of anilines is 1. The van der Waals surface area contributed by atoms with Gasteiger partial charge in [-0.2, -0.15) is 0 Å². The van der Waals surface area contributed by atoms with E-state index in [4.69, 9.17) is 4.74 Å². The van der Waals surface area contributed by atoms with Gasteiger partial charge in [0.25, 0.3) is 0 Å². The first-order valence-corrected chi connectivity index (χ1v) is 7.56. The maximum absolute atomic E-state index is 13.8. The third kappa shape index (κ3) is 2.93. The minimum Gasteiger partial charge on any atom is -0.497 e. The van der Waals surface area contributed by atoms with E-state index in [1.54, 1.807) is 24.3 Å². The van der Waals surface area contributed by atoms with Crippen LogP contribution in [0.15, 0.2) is 24.3 Å². The molecule has 0 bridgehead atoms. The molecule has 0 radical (unpaired) electrons. The highest BCUT2D eigenvalue weighted by molar-refractivity contribution is 5.94. The van der Waals surface area contributed by atoms with Crippen molar-refractivity contribution in [2.45, 2.75) is 6.54 Å². The van der Waals surface area contributed by atoms with Crippen LogP contribution in [0.2, 0.25) is 0 Å². The predicted molar refractivity (Wildman–Crippen MR) is 82.4 cm³/mol. The van der Waals surface area contributed by atoms with Crippen molar-refractivity contribution < 1.29 is 31.5 Å². The summed E-state index contributed by atoms with van der Waals surface area (Å²) in [6.07, 6.45) is 0. The van der Waals surface area contributed by atoms with Crippen LogP contribution >= 0.6 is 0 Å². The topological polar surface area (TPSA) is 32.8 Å². The number of nitrogens with zero attached hydrogens (tertiary/aromatic N) is 2. The quantitative estimate of drug-likeness (QED) is 0.464. The molecule has 0 spiro atoms. The number of methoxy groups -OCH3 is 1. The van der Waals surface area contributed by atoms with Crippen molar-refractivity contribution in [2.24, 2.45) is 0 Å². The van der Waals surface area contributed by atoms with E-state index in [0.717, 1.165) is 4.90 Å². The van der Waals surface area contributed by atoms with Crippen LogP contribution in [0.4, 0.5) is 32.4 Å². The molecule has 2 aromatic carbocycles. The molecule has 0 saturated carbocycles. The van der Waals surface area contributed by atoms with Crippen molar-refractivity contribution in [3.63, 3.8) is 0 Å². The standard InChI is InChI=1S/C17H13F5N2O2/c1-26-10-4-2-9(3-5-10)24-7-6-23(17(24)25)8-11-12(18)14(20)16(22)15(21)13(11)19/h2-5H,6-8H2,1H3. The molecule has 138 valence electrons. The molecule has 0 aliphatic carbocycles. The molecule has 9 heteroatoms. The Hall–Kier alpha value is -2.84. The van der Waals surface area contributed by atoms with Crippen LogP contribution in [0.3, 0.4) is 0 Å². The van der Waals surface area contributed by atoms with E-state index in [0.29, 0.717) is 11.4 Å². The van der Waals surface area contributed by atoms with E-state index in [1.807, 2.05) is 0 Å². The van der Waals surface area contributed by atoms with Gasteiger partial charge >= 0.3 is 6.03 Å². The summed E-state index contributed by atoms with van der Waals surface area (Å²) >= 11 is 0. The predicted octanol–water partition coefficient (Wildman–Crippen LogP) is 3.83. The molecule has 0 N–H and O–H groups in total. The molecule has 0 aromatic heterocycles.